The third-order valence-electron chi connectivity index (χ3n) is 3.41. The number of benzene rings is 1. The van der Waals surface area contributed by atoms with Crippen molar-refractivity contribution in [3.63, 3.8) is 0 Å². The minimum Gasteiger partial charge on any atom is -0.330 e. The second-order valence-corrected chi connectivity index (χ2v) is 4.89. The van der Waals surface area contributed by atoms with Crippen LogP contribution in [0.5, 0.6) is 0 Å². The van der Waals surface area contributed by atoms with Gasteiger partial charge in [0.05, 0.1) is 5.02 Å². The highest BCUT2D eigenvalue weighted by Crippen LogP contribution is 2.42. The molecule has 0 radical (unpaired) electrons. The molecule has 0 aromatic heterocycles. The van der Waals surface area contributed by atoms with Crippen LogP contribution in [0.1, 0.15) is 24.8 Å². The number of rotatable bonds is 3. The predicted octanol–water partition coefficient (Wildman–Crippen LogP) is 3.15. The molecule has 1 saturated carbocycles. The van der Waals surface area contributed by atoms with Gasteiger partial charge in [-0.05, 0) is 48.9 Å². The van der Waals surface area contributed by atoms with Crippen LogP contribution in [0.4, 0.5) is 4.39 Å². The van der Waals surface area contributed by atoms with Gasteiger partial charge in [0, 0.05) is 0 Å². The van der Waals surface area contributed by atoms with Crippen LogP contribution in [-0.4, -0.2) is 6.54 Å². The lowest BCUT2D eigenvalue weighted by Gasteiger charge is -2.41. The van der Waals surface area contributed by atoms with Crippen LogP contribution in [0.2, 0.25) is 5.02 Å². The lowest BCUT2D eigenvalue weighted by molar-refractivity contribution is 0.145. The summed E-state index contributed by atoms with van der Waals surface area (Å²) in [5.41, 5.74) is 7.12. The second kappa shape index (κ2) is 4.11. The van der Waals surface area contributed by atoms with Crippen LogP contribution < -0.4 is 5.73 Å². The number of hydrogen-bond acceptors (Lipinski definition) is 1. The minimum absolute atomic E-state index is 0.207. The lowest BCUT2D eigenvalue weighted by Crippen LogP contribution is -2.39. The van der Waals surface area contributed by atoms with E-state index in [0.717, 1.165) is 12.0 Å². The van der Waals surface area contributed by atoms with Crippen molar-refractivity contribution in [3.05, 3.63) is 34.6 Å². The molecule has 0 spiro atoms. The van der Waals surface area contributed by atoms with Gasteiger partial charge in [-0.2, -0.15) is 0 Å². The molecule has 1 aromatic carbocycles. The van der Waals surface area contributed by atoms with Crippen molar-refractivity contribution in [2.24, 2.45) is 11.1 Å². The summed E-state index contributed by atoms with van der Waals surface area (Å²) in [5.74, 6) is -0.351. The van der Waals surface area contributed by atoms with Crippen LogP contribution in [0.3, 0.4) is 0 Å². The molecule has 0 saturated heterocycles. The molecule has 82 valence electrons. The summed E-state index contributed by atoms with van der Waals surface area (Å²) in [6.07, 6.45) is 4.53. The standard InChI is InChI=1S/C12H15ClFN/c13-10-6-9(2-3-11(10)14)7-12(8-15)4-1-5-12/h2-3,6H,1,4-5,7-8,15H2. The summed E-state index contributed by atoms with van der Waals surface area (Å²) < 4.78 is 13.0. The van der Waals surface area contributed by atoms with Gasteiger partial charge in [0.15, 0.2) is 0 Å². The van der Waals surface area contributed by atoms with E-state index in [1.165, 1.54) is 25.3 Å². The van der Waals surface area contributed by atoms with Gasteiger partial charge in [0.2, 0.25) is 0 Å². The molecular formula is C12H15ClFN. The molecule has 0 aliphatic heterocycles. The quantitative estimate of drug-likeness (QED) is 0.844. The van der Waals surface area contributed by atoms with Crippen LogP contribution in [0.15, 0.2) is 18.2 Å². The zero-order valence-corrected chi connectivity index (χ0v) is 9.36. The number of nitrogens with two attached hydrogens (primary N) is 1. The molecule has 0 bridgehead atoms. The summed E-state index contributed by atoms with van der Waals surface area (Å²) in [6.45, 7) is 0.710. The van der Waals surface area contributed by atoms with E-state index in [-0.39, 0.29) is 16.3 Å². The van der Waals surface area contributed by atoms with E-state index < -0.39 is 0 Å². The summed E-state index contributed by atoms with van der Waals surface area (Å²) in [5, 5.41) is 0.207. The lowest BCUT2D eigenvalue weighted by atomic mass is 9.65. The Bertz CT molecular complexity index is 355. The molecule has 1 aliphatic rings. The second-order valence-electron chi connectivity index (χ2n) is 4.48. The summed E-state index contributed by atoms with van der Waals surface area (Å²) in [6, 6.07) is 4.95. The number of hydrogen-bond donors (Lipinski definition) is 1. The fourth-order valence-corrected chi connectivity index (χ4v) is 2.42. The summed E-state index contributed by atoms with van der Waals surface area (Å²) in [7, 11) is 0. The van der Waals surface area contributed by atoms with Crippen molar-refractivity contribution in [3.8, 4) is 0 Å². The first-order valence-corrected chi connectivity index (χ1v) is 5.67. The van der Waals surface area contributed by atoms with Crippen molar-refractivity contribution in [2.75, 3.05) is 6.54 Å². The van der Waals surface area contributed by atoms with E-state index in [2.05, 4.69) is 0 Å². The van der Waals surface area contributed by atoms with Crippen LogP contribution >= 0.6 is 11.6 Å². The average Bonchev–Trinajstić information content (AvgIpc) is 2.17. The molecule has 3 heteroatoms. The van der Waals surface area contributed by atoms with Gasteiger partial charge in [0.25, 0.3) is 0 Å². The van der Waals surface area contributed by atoms with E-state index in [1.807, 2.05) is 0 Å². The zero-order chi connectivity index (χ0) is 10.9. The highest BCUT2D eigenvalue weighted by molar-refractivity contribution is 6.30. The molecule has 15 heavy (non-hydrogen) atoms. The molecule has 1 nitrogen and oxygen atoms in total. The summed E-state index contributed by atoms with van der Waals surface area (Å²) >= 11 is 5.74. The van der Waals surface area contributed by atoms with Gasteiger partial charge >= 0.3 is 0 Å². The Morgan fingerprint density at radius 3 is 2.60 bits per heavy atom. The highest BCUT2D eigenvalue weighted by atomic mass is 35.5. The minimum atomic E-state index is -0.351. The molecule has 1 aromatic rings. The van der Waals surface area contributed by atoms with Crippen LogP contribution in [0.25, 0.3) is 0 Å². The molecule has 0 unspecified atom stereocenters. The fourth-order valence-electron chi connectivity index (χ4n) is 2.21. The Morgan fingerprint density at radius 2 is 2.13 bits per heavy atom. The Balaban J connectivity index is 2.13. The first-order chi connectivity index (χ1) is 7.15. The van der Waals surface area contributed by atoms with Gasteiger partial charge in [0.1, 0.15) is 5.82 Å². The molecule has 0 heterocycles. The van der Waals surface area contributed by atoms with Crippen molar-refractivity contribution in [2.45, 2.75) is 25.7 Å². The third-order valence-corrected chi connectivity index (χ3v) is 3.70. The maximum Gasteiger partial charge on any atom is 0.141 e. The third kappa shape index (κ3) is 2.16. The van der Waals surface area contributed by atoms with Crippen LogP contribution in [0, 0.1) is 11.2 Å². The Morgan fingerprint density at radius 1 is 1.40 bits per heavy atom. The van der Waals surface area contributed by atoms with Gasteiger partial charge in [-0.3, -0.25) is 0 Å². The first-order valence-electron chi connectivity index (χ1n) is 5.29. The smallest absolute Gasteiger partial charge is 0.141 e. The van der Waals surface area contributed by atoms with Crippen molar-refractivity contribution < 1.29 is 4.39 Å². The van der Waals surface area contributed by atoms with Crippen molar-refractivity contribution >= 4 is 11.6 Å². The molecule has 0 atom stereocenters. The molecule has 2 rings (SSSR count). The molecular weight excluding hydrogens is 213 g/mol. The maximum atomic E-state index is 13.0. The first kappa shape index (κ1) is 10.9. The van der Waals surface area contributed by atoms with Gasteiger partial charge in [-0.15, -0.1) is 0 Å². The fraction of sp³-hybridized carbons (Fsp3) is 0.500. The molecule has 0 amide bonds. The molecule has 1 fully saturated rings. The van der Waals surface area contributed by atoms with E-state index in [4.69, 9.17) is 17.3 Å². The normalized spacial score (nSPS) is 18.6. The Hall–Kier alpha value is -0.600. The monoisotopic (exact) mass is 227 g/mol. The van der Waals surface area contributed by atoms with E-state index in [0.29, 0.717) is 6.54 Å². The van der Waals surface area contributed by atoms with E-state index in [9.17, 15) is 4.39 Å². The Labute approximate surface area is 94.4 Å². The van der Waals surface area contributed by atoms with Crippen LogP contribution in [-0.2, 0) is 6.42 Å². The predicted molar refractivity (Wildman–Crippen MR) is 60.5 cm³/mol. The van der Waals surface area contributed by atoms with E-state index in [1.54, 1.807) is 12.1 Å². The SMILES string of the molecule is NCC1(Cc2ccc(F)c(Cl)c2)CCC1. The van der Waals surface area contributed by atoms with Gasteiger partial charge < -0.3 is 5.73 Å². The zero-order valence-electron chi connectivity index (χ0n) is 8.60. The van der Waals surface area contributed by atoms with Gasteiger partial charge in [-0.25, -0.2) is 4.39 Å². The number of halogens is 2. The van der Waals surface area contributed by atoms with E-state index >= 15 is 0 Å². The van der Waals surface area contributed by atoms with Crippen molar-refractivity contribution in [1.82, 2.24) is 0 Å². The average molecular weight is 228 g/mol. The summed E-state index contributed by atoms with van der Waals surface area (Å²) in [4.78, 5) is 0. The maximum absolute atomic E-state index is 13.0. The Kier molecular flexibility index (Phi) is 2.98. The topological polar surface area (TPSA) is 26.0 Å². The highest BCUT2D eigenvalue weighted by Gasteiger charge is 2.35. The van der Waals surface area contributed by atoms with Gasteiger partial charge in [-0.1, -0.05) is 24.1 Å². The van der Waals surface area contributed by atoms with Crippen molar-refractivity contribution in [1.29, 1.82) is 0 Å². The largest absolute Gasteiger partial charge is 0.330 e. The molecule has 2 N–H and O–H groups in total. The molecule has 1 aliphatic carbocycles.